The first kappa shape index (κ1) is 13.8. The Bertz CT molecular complexity index is 597. The van der Waals surface area contributed by atoms with Gasteiger partial charge in [-0.3, -0.25) is 0 Å². The molecule has 0 radical (unpaired) electrons. The fourth-order valence-electron chi connectivity index (χ4n) is 1.58. The van der Waals surface area contributed by atoms with E-state index in [0.29, 0.717) is 17.3 Å². The van der Waals surface area contributed by atoms with Gasteiger partial charge in [0.05, 0.1) is 17.9 Å². The number of nitrogens with zero attached hydrogens (tertiary/aromatic N) is 1. The number of carbonyl (C=O) groups excluding carboxylic acids is 1. The van der Waals surface area contributed by atoms with Crippen LogP contribution in [0.15, 0.2) is 36.4 Å². The summed E-state index contributed by atoms with van der Waals surface area (Å²) in [7, 11) is 0. The van der Waals surface area contributed by atoms with Crippen LogP contribution in [0.2, 0.25) is 10.2 Å². The van der Waals surface area contributed by atoms with Crippen molar-refractivity contribution < 1.29 is 9.53 Å². The number of hydrogen-bond acceptors (Lipinski definition) is 3. The SMILES string of the molecule is CCOC(=O)c1ccc(-c2ccc(Cl)cc2)nc1Cl. The maximum absolute atomic E-state index is 11.6. The summed E-state index contributed by atoms with van der Waals surface area (Å²) in [6.45, 7) is 2.04. The van der Waals surface area contributed by atoms with Crippen LogP contribution in [0.5, 0.6) is 0 Å². The summed E-state index contributed by atoms with van der Waals surface area (Å²) in [5.41, 5.74) is 1.82. The molecule has 1 heterocycles. The van der Waals surface area contributed by atoms with Crippen LogP contribution in [0.3, 0.4) is 0 Å². The topological polar surface area (TPSA) is 39.2 Å². The molecule has 0 atom stereocenters. The smallest absolute Gasteiger partial charge is 0.341 e. The fraction of sp³-hybridized carbons (Fsp3) is 0.143. The van der Waals surface area contributed by atoms with Gasteiger partial charge in [0.2, 0.25) is 0 Å². The lowest BCUT2D eigenvalue weighted by Gasteiger charge is -2.06. The number of rotatable bonds is 3. The monoisotopic (exact) mass is 295 g/mol. The van der Waals surface area contributed by atoms with E-state index in [9.17, 15) is 4.79 Å². The molecule has 1 aromatic heterocycles. The van der Waals surface area contributed by atoms with Gasteiger partial charge in [-0.05, 0) is 31.2 Å². The van der Waals surface area contributed by atoms with Crippen LogP contribution in [0.1, 0.15) is 17.3 Å². The van der Waals surface area contributed by atoms with E-state index in [1.807, 2.05) is 12.1 Å². The third-order valence-corrected chi connectivity index (χ3v) is 3.02. The van der Waals surface area contributed by atoms with Gasteiger partial charge in [-0.2, -0.15) is 0 Å². The molecule has 0 saturated heterocycles. The summed E-state index contributed by atoms with van der Waals surface area (Å²) in [5.74, 6) is -0.470. The van der Waals surface area contributed by atoms with Crippen molar-refractivity contribution in [2.75, 3.05) is 6.61 Å². The molecule has 0 spiro atoms. The minimum absolute atomic E-state index is 0.130. The van der Waals surface area contributed by atoms with E-state index in [2.05, 4.69) is 4.98 Å². The maximum atomic E-state index is 11.6. The molecule has 0 saturated carbocycles. The number of esters is 1. The molecule has 0 unspecified atom stereocenters. The molecule has 0 N–H and O–H groups in total. The summed E-state index contributed by atoms with van der Waals surface area (Å²) in [6.07, 6.45) is 0. The summed E-state index contributed by atoms with van der Waals surface area (Å²) in [4.78, 5) is 15.8. The highest BCUT2D eigenvalue weighted by molar-refractivity contribution is 6.32. The summed E-state index contributed by atoms with van der Waals surface area (Å²) in [6, 6.07) is 10.5. The molecule has 2 rings (SSSR count). The first-order valence-electron chi connectivity index (χ1n) is 5.71. The largest absolute Gasteiger partial charge is 0.462 e. The van der Waals surface area contributed by atoms with Gasteiger partial charge in [0, 0.05) is 10.6 Å². The highest BCUT2D eigenvalue weighted by Gasteiger charge is 2.13. The van der Waals surface area contributed by atoms with Crippen molar-refractivity contribution in [2.24, 2.45) is 0 Å². The molecule has 0 bridgehead atoms. The van der Waals surface area contributed by atoms with Crippen molar-refractivity contribution in [3.63, 3.8) is 0 Å². The Labute approximate surface area is 121 Å². The van der Waals surface area contributed by atoms with Gasteiger partial charge >= 0.3 is 5.97 Å². The molecular weight excluding hydrogens is 285 g/mol. The second kappa shape index (κ2) is 6.04. The van der Waals surface area contributed by atoms with E-state index in [0.717, 1.165) is 5.56 Å². The van der Waals surface area contributed by atoms with E-state index in [1.165, 1.54) is 0 Å². The Morgan fingerprint density at radius 1 is 1.16 bits per heavy atom. The van der Waals surface area contributed by atoms with E-state index in [-0.39, 0.29) is 10.7 Å². The highest BCUT2D eigenvalue weighted by atomic mass is 35.5. The molecule has 19 heavy (non-hydrogen) atoms. The molecule has 3 nitrogen and oxygen atoms in total. The zero-order chi connectivity index (χ0) is 13.8. The number of carbonyl (C=O) groups is 1. The number of ether oxygens (including phenoxy) is 1. The average Bonchev–Trinajstić information content (AvgIpc) is 2.39. The van der Waals surface area contributed by atoms with Crippen LogP contribution in [-0.2, 0) is 4.74 Å². The van der Waals surface area contributed by atoms with Gasteiger partial charge in [0.25, 0.3) is 0 Å². The molecule has 0 aliphatic rings. The lowest BCUT2D eigenvalue weighted by Crippen LogP contribution is -2.06. The minimum Gasteiger partial charge on any atom is -0.462 e. The van der Waals surface area contributed by atoms with Crippen LogP contribution < -0.4 is 0 Å². The van der Waals surface area contributed by atoms with Gasteiger partial charge in [-0.1, -0.05) is 35.3 Å². The van der Waals surface area contributed by atoms with Crippen LogP contribution in [0.25, 0.3) is 11.3 Å². The Balaban J connectivity index is 2.33. The van der Waals surface area contributed by atoms with Crippen molar-refractivity contribution in [1.82, 2.24) is 4.98 Å². The summed E-state index contributed by atoms with van der Waals surface area (Å²) < 4.78 is 4.89. The molecule has 5 heteroatoms. The standard InChI is InChI=1S/C14H11Cl2NO2/c1-2-19-14(18)11-7-8-12(17-13(11)16)9-3-5-10(15)6-4-9/h3-8H,2H2,1H3. The molecule has 0 fully saturated rings. The molecule has 2 aromatic rings. The van der Waals surface area contributed by atoms with Gasteiger partial charge in [0.1, 0.15) is 5.15 Å². The number of aromatic nitrogens is 1. The Kier molecular flexibility index (Phi) is 4.40. The zero-order valence-corrected chi connectivity index (χ0v) is 11.7. The lowest BCUT2D eigenvalue weighted by atomic mass is 10.1. The van der Waals surface area contributed by atoms with Crippen LogP contribution in [0.4, 0.5) is 0 Å². The van der Waals surface area contributed by atoms with Crippen LogP contribution in [-0.4, -0.2) is 17.6 Å². The normalized spacial score (nSPS) is 10.3. The van der Waals surface area contributed by atoms with E-state index in [4.69, 9.17) is 27.9 Å². The summed E-state index contributed by atoms with van der Waals surface area (Å²) in [5, 5.41) is 0.781. The Hall–Kier alpha value is -1.58. The third kappa shape index (κ3) is 3.25. The predicted molar refractivity (Wildman–Crippen MR) is 75.6 cm³/mol. The minimum atomic E-state index is -0.470. The van der Waals surface area contributed by atoms with Gasteiger partial charge in [-0.15, -0.1) is 0 Å². The molecule has 1 aromatic carbocycles. The van der Waals surface area contributed by atoms with E-state index >= 15 is 0 Å². The summed E-state index contributed by atoms with van der Waals surface area (Å²) >= 11 is 11.8. The van der Waals surface area contributed by atoms with Crippen molar-refractivity contribution in [3.8, 4) is 11.3 Å². The van der Waals surface area contributed by atoms with Crippen molar-refractivity contribution >= 4 is 29.2 Å². The van der Waals surface area contributed by atoms with Gasteiger partial charge in [0.15, 0.2) is 0 Å². The third-order valence-electron chi connectivity index (χ3n) is 2.48. The highest BCUT2D eigenvalue weighted by Crippen LogP contribution is 2.23. The number of pyridine rings is 1. The van der Waals surface area contributed by atoms with Gasteiger partial charge in [-0.25, -0.2) is 9.78 Å². The first-order valence-corrected chi connectivity index (χ1v) is 6.47. The van der Waals surface area contributed by atoms with Crippen LogP contribution >= 0.6 is 23.2 Å². The molecule has 0 aliphatic heterocycles. The maximum Gasteiger partial charge on any atom is 0.341 e. The number of benzene rings is 1. The molecule has 0 aliphatic carbocycles. The predicted octanol–water partition coefficient (Wildman–Crippen LogP) is 4.23. The van der Waals surface area contributed by atoms with E-state index in [1.54, 1.807) is 31.2 Å². The Morgan fingerprint density at radius 3 is 2.42 bits per heavy atom. The molecule has 98 valence electrons. The Morgan fingerprint density at radius 2 is 1.84 bits per heavy atom. The second-order valence-electron chi connectivity index (χ2n) is 3.76. The molecular formula is C14H11Cl2NO2. The van der Waals surface area contributed by atoms with Crippen molar-refractivity contribution in [2.45, 2.75) is 6.92 Å². The zero-order valence-electron chi connectivity index (χ0n) is 10.2. The van der Waals surface area contributed by atoms with E-state index < -0.39 is 5.97 Å². The average molecular weight is 296 g/mol. The van der Waals surface area contributed by atoms with Crippen LogP contribution in [0, 0.1) is 0 Å². The first-order chi connectivity index (χ1) is 9.11. The van der Waals surface area contributed by atoms with Crippen molar-refractivity contribution in [1.29, 1.82) is 0 Å². The van der Waals surface area contributed by atoms with Gasteiger partial charge < -0.3 is 4.74 Å². The quantitative estimate of drug-likeness (QED) is 0.628. The lowest BCUT2D eigenvalue weighted by molar-refractivity contribution is 0.0526. The molecule has 0 amide bonds. The second-order valence-corrected chi connectivity index (χ2v) is 4.56. The number of halogens is 2. The number of hydrogen-bond donors (Lipinski definition) is 0. The van der Waals surface area contributed by atoms with Crippen molar-refractivity contribution in [3.05, 3.63) is 52.1 Å². The fourth-order valence-corrected chi connectivity index (χ4v) is 1.93.